The van der Waals surface area contributed by atoms with E-state index in [-0.39, 0.29) is 18.5 Å². The van der Waals surface area contributed by atoms with Gasteiger partial charge in [0.15, 0.2) is 22.5 Å². The molecular formula is C24H27FN5O4S+. The van der Waals surface area contributed by atoms with Crippen molar-refractivity contribution in [2.75, 3.05) is 45.0 Å². The number of benzene rings is 2. The van der Waals surface area contributed by atoms with Crippen LogP contribution in [0.25, 0.3) is 11.4 Å². The van der Waals surface area contributed by atoms with Crippen LogP contribution in [0.2, 0.25) is 0 Å². The summed E-state index contributed by atoms with van der Waals surface area (Å²) >= 11 is 1.34. The van der Waals surface area contributed by atoms with Gasteiger partial charge < -0.3 is 24.4 Å². The van der Waals surface area contributed by atoms with Crippen molar-refractivity contribution in [3.8, 4) is 22.9 Å². The molecule has 0 spiro atoms. The number of rotatable bonds is 8. The fraction of sp³-hybridized carbons (Fsp3) is 0.375. The summed E-state index contributed by atoms with van der Waals surface area (Å²) in [6.07, 6.45) is 0. The van der Waals surface area contributed by atoms with Crippen molar-refractivity contribution < 1.29 is 28.3 Å². The van der Waals surface area contributed by atoms with Crippen LogP contribution in [0.4, 0.5) is 10.1 Å². The molecule has 9 nitrogen and oxygen atoms in total. The van der Waals surface area contributed by atoms with Crippen LogP contribution in [0.1, 0.15) is 6.92 Å². The maximum Gasteiger partial charge on any atom is 0.237 e. The van der Waals surface area contributed by atoms with E-state index >= 15 is 0 Å². The highest BCUT2D eigenvalue weighted by atomic mass is 32.2. The van der Waals surface area contributed by atoms with E-state index in [2.05, 4.69) is 15.5 Å². The average Bonchev–Trinajstić information content (AvgIpc) is 3.50. The number of carbonyl (C=O) groups is 1. The molecule has 0 aliphatic carbocycles. The third kappa shape index (κ3) is 5.58. The molecule has 2 aliphatic heterocycles. The standard InChI is InChI=1S/C24H26FN5O4S/c1-16(23(31)26-19-6-7-20-21(14-19)34-15-33-20)35-24-28-27-22(17-2-4-18(25)5-3-17)30(24)9-8-29-10-12-32-13-11-29/h2-7,14,16H,8-13,15H2,1H3,(H,26,31)/p+1. The van der Waals surface area contributed by atoms with E-state index in [1.54, 1.807) is 30.3 Å². The van der Waals surface area contributed by atoms with Crippen molar-refractivity contribution in [2.24, 2.45) is 0 Å². The van der Waals surface area contributed by atoms with Crippen LogP contribution in [0.15, 0.2) is 47.6 Å². The van der Waals surface area contributed by atoms with Gasteiger partial charge in [-0.05, 0) is 43.3 Å². The number of amides is 1. The third-order valence-electron chi connectivity index (χ3n) is 6.00. The van der Waals surface area contributed by atoms with E-state index in [4.69, 9.17) is 14.2 Å². The van der Waals surface area contributed by atoms with Gasteiger partial charge in [0.1, 0.15) is 18.9 Å². The molecule has 11 heteroatoms. The quantitative estimate of drug-likeness (QED) is 0.456. The molecule has 2 aliphatic rings. The maximum atomic E-state index is 13.5. The number of thioether (sulfide) groups is 1. The number of nitrogens with zero attached hydrogens (tertiary/aromatic N) is 3. The molecule has 2 aromatic carbocycles. The molecule has 1 amide bonds. The lowest BCUT2D eigenvalue weighted by atomic mass is 10.2. The number of quaternary nitrogens is 1. The SMILES string of the molecule is CC(Sc1nnc(-c2ccc(F)cc2)n1CC[NH+]1CCOCC1)C(=O)Nc1ccc2c(c1)OCO2. The van der Waals surface area contributed by atoms with Crippen LogP contribution < -0.4 is 19.7 Å². The second-order valence-corrected chi connectivity index (χ2v) is 9.70. The molecule has 0 radical (unpaired) electrons. The fourth-order valence-electron chi connectivity index (χ4n) is 4.00. The summed E-state index contributed by atoms with van der Waals surface area (Å²) in [5.41, 5.74) is 1.41. The second-order valence-electron chi connectivity index (χ2n) is 8.39. The van der Waals surface area contributed by atoms with E-state index in [1.807, 2.05) is 11.5 Å². The highest BCUT2D eigenvalue weighted by molar-refractivity contribution is 8.00. The number of hydrogen-bond donors (Lipinski definition) is 2. The summed E-state index contributed by atoms with van der Waals surface area (Å²) in [4.78, 5) is 14.4. The molecule has 2 N–H and O–H groups in total. The Morgan fingerprint density at radius 1 is 1.14 bits per heavy atom. The number of morpholine rings is 1. The molecule has 3 aromatic rings. The molecule has 1 saturated heterocycles. The number of hydrogen-bond acceptors (Lipinski definition) is 7. The van der Waals surface area contributed by atoms with Gasteiger partial charge in [0.25, 0.3) is 0 Å². The van der Waals surface area contributed by atoms with Gasteiger partial charge in [0, 0.05) is 17.3 Å². The number of ether oxygens (including phenoxy) is 3. The minimum Gasteiger partial charge on any atom is -0.454 e. The number of aromatic nitrogens is 3. The van der Waals surface area contributed by atoms with E-state index < -0.39 is 5.25 Å². The third-order valence-corrected chi connectivity index (χ3v) is 7.08. The van der Waals surface area contributed by atoms with Crippen LogP contribution in [-0.2, 0) is 16.1 Å². The molecule has 1 fully saturated rings. The summed E-state index contributed by atoms with van der Waals surface area (Å²) in [6, 6.07) is 11.5. The summed E-state index contributed by atoms with van der Waals surface area (Å²) in [5, 5.41) is 11.9. The zero-order valence-electron chi connectivity index (χ0n) is 19.3. The zero-order chi connectivity index (χ0) is 24.2. The number of carbonyl (C=O) groups excluding carboxylic acids is 1. The molecule has 0 saturated carbocycles. The van der Waals surface area contributed by atoms with Gasteiger partial charge in [-0.25, -0.2) is 4.39 Å². The normalized spacial score (nSPS) is 16.3. The van der Waals surface area contributed by atoms with Crippen molar-refractivity contribution >= 4 is 23.4 Å². The maximum absolute atomic E-state index is 13.5. The number of nitrogens with one attached hydrogen (secondary N) is 2. The highest BCUT2D eigenvalue weighted by Crippen LogP contribution is 2.34. The van der Waals surface area contributed by atoms with Crippen molar-refractivity contribution in [1.82, 2.24) is 14.8 Å². The highest BCUT2D eigenvalue weighted by Gasteiger charge is 2.23. The van der Waals surface area contributed by atoms with Gasteiger partial charge in [-0.2, -0.15) is 0 Å². The van der Waals surface area contributed by atoms with Crippen molar-refractivity contribution in [3.63, 3.8) is 0 Å². The topological polar surface area (TPSA) is 91.9 Å². The monoisotopic (exact) mass is 500 g/mol. The molecule has 5 rings (SSSR count). The molecule has 35 heavy (non-hydrogen) atoms. The lowest BCUT2D eigenvalue weighted by Gasteiger charge is -2.24. The van der Waals surface area contributed by atoms with Gasteiger partial charge in [-0.15, -0.1) is 10.2 Å². The Kier molecular flexibility index (Phi) is 7.16. The van der Waals surface area contributed by atoms with E-state index in [0.717, 1.165) is 38.4 Å². The summed E-state index contributed by atoms with van der Waals surface area (Å²) in [6.45, 7) is 6.96. The van der Waals surface area contributed by atoms with Gasteiger partial charge in [-0.3, -0.25) is 9.36 Å². The average molecular weight is 501 g/mol. The second kappa shape index (κ2) is 10.6. The molecular weight excluding hydrogens is 473 g/mol. The summed E-state index contributed by atoms with van der Waals surface area (Å²) in [7, 11) is 0. The predicted molar refractivity (Wildman–Crippen MR) is 128 cm³/mol. The number of fused-ring (bicyclic) bond motifs is 1. The van der Waals surface area contributed by atoms with Crippen LogP contribution in [0, 0.1) is 5.82 Å². The number of halogens is 1. The van der Waals surface area contributed by atoms with Gasteiger partial charge in [-0.1, -0.05) is 11.8 Å². The largest absolute Gasteiger partial charge is 0.454 e. The van der Waals surface area contributed by atoms with E-state index in [1.165, 1.54) is 28.8 Å². The van der Waals surface area contributed by atoms with Gasteiger partial charge in [0.2, 0.25) is 12.7 Å². The Hall–Kier alpha value is -3.15. The first-order valence-corrected chi connectivity index (χ1v) is 12.4. The lowest BCUT2D eigenvalue weighted by molar-refractivity contribution is -0.908. The Morgan fingerprint density at radius 2 is 1.91 bits per heavy atom. The fourth-order valence-corrected chi connectivity index (χ4v) is 4.87. The van der Waals surface area contributed by atoms with Gasteiger partial charge >= 0.3 is 0 Å². The molecule has 184 valence electrons. The van der Waals surface area contributed by atoms with Crippen molar-refractivity contribution in [2.45, 2.75) is 23.9 Å². The molecule has 3 heterocycles. The van der Waals surface area contributed by atoms with Crippen LogP contribution in [0.5, 0.6) is 11.5 Å². The minimum absolute atomic E-state index is 0.162. The summed E-state index contributed by atoms with van der Waals surface area (Å²) in [5.74, 6) is 1.46. The predicted octanol–water partition coefficient (Wildman–Crippen LogP) is 1.85. The first-order chi connectivity index (χ1) is 17.1. The van der Waals surface area contributed by atoms with Crippen LogP contribution >= 0.6 is 11.8 Å². The zero-order valence-corrected chi connectivity index (χ0v) is 20.1. The Bertz CT molecular complexity index is 1180. The van der Waals surface area contributed by atoms with Crippen LogP contribution in [-0.4, -0.2) is 65.6 Å². The first-order valence-electron chi connectivity index (χ1n) is 11.5. The molecule has 1 aromatic heterocycles. The van der Waals surface area contributed by atoms with E-state index in [0.29, 0.717) is 34.7 Å². The summed E-state index contributed by atoms with van der Waals surface area (Å²) < 4.78 is 31.7. The smallest absolute Gasteiger partial charge is 0.237 e. The van der Waals surface area contributed by atoms with Crippen LogP contribution in [0.3, 0.4) is 0 Å². The Labute approximate surface area is 206 Å². The van der Waals surface area contributed by atoms with E-state index in [9.17, 15) is 9.18 Å². The van der Waals surface area contributed by atoms with Crippen molar-refractivity contribution in [1.29, 1.82) is 0 Å². The minimum atomic E-state index is -0.430. The molecule has 1 atom stereocenters. The molecule has 0 bridgehead atoms. The van der Waals surface area contributed by atoms with Crippen molar-refractivity contribution in [3.05, 3.63) is 48.3 Å². The molecule has 1 unspecified atom stereocenters. The number of anilines is 1. The first kappa shape index (κ1) is 23.6. The Morgan fingerprint density at radius 3 is 2.71 bits per heavy atom. The van der Waals surface area contributed by atoms with Gasteiger partial charge in [0.05, 0.1) is 31.6 Å². The lowest BCUT2D eigenvalue weighted by Crippen LogP contribution is -3.14. The Balaban J connectivity index is 1.31.